The molecule has 0 saturated carbocycles. The number of esters is 1. The second kappa shape index (κ2) is 24.3. The van der Waals surface area contributed by atoms with Crippen molar-refractivity contribution in [3.05, 3.63) is 26.7 Å². The maximum atomic E-state index is 11.0. The third kappa shape index (κ3) is 23.7. The molecule has 106 valence electrons. The van der Waals surface area contributed by atoms with E-state index in [-0.39, 0.29) is 46.1 Å². The van der Waals surface area contributed by atoms with Gasteiger partial charge in [-0.1, -0.05) is 19.8 Å². The molecule has 0 saturated heterocycles. The molecule has 0 atom stereocenters. The van der Waals surface area contributed by atoms with E-state index in [1.165, 1.54) is 0 Å². The Morgan fingerprint density at radius 3 is 2.19 bits per heavy atom. The molecule has 0 rings (SSSR count). The molecule has 0 unspecified atom stereocenters. The molecule has 0 aromatic rings. The fourth-order valence-electron chi connectivity index (χ4n) is 0.849. The van der Waals surface area contributed by atoms with Crippen LogP contribution in [0.3, 0.4) is 0 Å². The third-order valence-corrected chi connectivity index (χ3v) is 1.64. The first-order chi connectivity index (χ1) is 5.81. The van der Waals surface area contributed by atoms with Crippen LogP contribution < -0.4 is 0 Å². The van der Waals surface area contributed by atoms with Gasteiger partial charge in [-0.15, -0.1) is 0 Å². The molecule has 0 heterocycles. The van der Waals surface area contributed by atoms with Gasteiger partial charge in [-0.3, -0.25) is 4.79 Å². The summed E-state index contributed by atoms with van der Waals surface area (Å²) in [6.07, 6.45) is 5.44. The molecular weight excluding hydrogens is 299 g/mol. The van der Waals surface area contributed by atoms with Crippen molar-refractivity contribution in [2.24, 2.45) is 0 Å². The molecule has 5 heteroatoms. The SMILES string of the molecule is [CH2-]CCCCC(=O)OCCCC.[CH3-].[NH2-].[NH2-].[Pd]. The van der Waals surface area contributed by atoms with Gasteiger partial charge >= 0.3 is 5.97 Å². The Morgan fingerprint density at radius 1 is 1.19 bits per heavy atom. The summed E-state index contributed by atoms with van der Waals surface area (Å²) in [5.41, 5.74) is 0. The van der Waals surface area contributed by atoms with E-state index < -0.39 is 0 Å². The molecule has 16 heavy (non-hydrogen) atoms. The van der Waals surface area contributed by atoms with E-state index in [1.807, 2.05) is 0 Å². The van der Waals surface area contributed by atoms with Gasteiger partial charge in [-0.25, -0.2) is 0 Å². The van der Waals surface area contributed by atoms with Gasteiger partial charge in [0.1, 0.15) is 0 Å². The Morgan fingerprint density at radius 2 is 1.75 bits per heavy atom. The molecular formula is C11H26N2O2Pd-4. The number of carbonyl (C=O) groups excluding carboxylic acids is 1. The van der Waals surface area contributed by atoms with Crippen molar-refractivity contribution in [2.75, 3.05) is 6.61 Å². The minimum absolute atomic E-state index is 0. The van der Waals surface area contributed by atoms with Crippen LogP contribution in [0.25, 0.3) is 12.3 Å². The minimum atomic E-state index is -0.0584. The molecule has 0 aliphatic rings. The summed E-state index contributed by atoms with van der Waals surface area (Å²) >= 11 is 0. The Balaban J connectivity index is -0.000000101. The number of ether oxygens (including phenoxy) is 1. The van der Waals surface area contributed by atoms with E-state index in [9.17, 15) is 4.79 Å². The molecule has 0 amide bonds. The van der Waals surface area contributed by atoms with Gasteiger partial charge < -0.3 is 31.4 Å². The number of unbranched alkanes of at least 4 members (excludes halogenated alkanes) is 3. The Hall–Kier alpha value is 0.0523. The molecule has 0 bridgehead atoms. The molecule has 0 radical (unpaired) electrons. The Kier molecular flexibility index (Phi) is 45.3. The van der Waals surface area contributed by atoms with Crippen LogP contribution in [0.4, 0.5) is 0 Å². The van der Waals surface area contributed by atoms with Crippen LogP contribution in [-0.4, -0.2) is 12.6 Å². The smallest absolute Gasteiger partial charge is 0.305 e. The van der Waals surface area contributed by atoms with Gasteiger partial charge in [-0.05, 0) is 12.8 Å². The van der Waals surface area contributed by atoms with E-state index in [0.29, 0.717) is 13.0 Å². The number of hydrogen-bond donors (Lipinski definition) is 0. The topological polar surface area (TPSA) is 93.3 Å². The van der Waals surface area contributed by atoms with Crippen molar-refractivity contribution in [2.45, 2.75) is 45.4 Å². The predicted octanol–water partition coefficient (Wildman–Crippen LogP) is 4.61. The van der Waals surface area contributed by atoms with Crippen molar-refractivity contribution in [1.29, 1.82) is 0 Å². The Labute approximate surface area is 115 Å². The minimum Gasteiger partial charge on any atom is -0.693 e. The second-order valence-electron chi connectivity index (χ2n) is 2.88. The van der Waals surface area contributed by atoms with Gasteiger partial charge in [0.05, 0.1) is 6.61 Å². The van der Waals surface area contributed by atoms with Crippen molar-refractivity contribution in [3.63, 3.8) is 0 Å². The summed E-state index contributed by atoms with van der Waals surface area (Å²) in [5, 5.41) is 0. The zero-order chi connectivity index (χ0) is 9.23. The summed E-state index contributed by atoms with van der Waals surface area (Å²) in [7, 11) is 0. The van der Waals surface area contributed by atoms with Crippen molar-refractivity contribution < 1.29 is 30.0 Å². The van der Waals surface area contributed by atoms with Gasteiger partial charge in [0.25, 0.3) is 0 Å². The van der Waals surface area contributed by atoms with E-state index in [0.717, 1.165) is 32.1 Å². The van der Waals surface area contributed by atoms with Gasteiger partial charge in [0, 0.05) is 26.8 Å². The first-order valence-electron chi connectivity index (χ1n) is 4.76. The second-order valence-corrected chi connectivity index (χ2v) is 2.88. The standard InChI is InChI=1S/C10H19O2.CH3.2H2N.Pd/c1-3-5-7-8-10(11)12-9-6-4-2;;;;/h1,3-9H2,2H3;1H3;2*1H2;/q4*-1;. The molecule has 4 nitrogen and oxygen atoms in total. The monoisotopic (exact) mass is 324 g/mol. The van der Waals surface area contributed by atoms with Gasteiger partial charge in [0.2, 0.25) is 0 Å². The van der Waals surface area contributed by atoms with Crippen molar-refractivity contribution >= 4 is 5.97 Å². The van der Waals surface area contributed by atoms with Crippen LogP contribution in [0.1, 0.15) is 45.4 Å². The summed E-state index contributed by atoms with van der Waals surface area (Å²) < 4.78 is 4.97. The number of nitrogens with two attached hydrogens (primary N) is 2. The fraction of sp³-hybridized carbons (Fsp3) is 0.727. The number of carbonyl (C=O) groups is 1. The van der Waals surface area contributed by atoms with E-state index in [4.69, 9.17) is 4.74 Å². The normalized spacial score (nSPS) is 7.38. The van der Waals surface area contributed by atoms with Crippen LogP contribution in [-0.2, 0) is 30.0 Å². The Bertz CT molecular complexity index is 113. The van der Waals surface area contributed by atoms with E-state index in [2.05, 4.69) is 13.8 Å². The summed E-state index contributed by atoms with van der Waals surface area (Å²) in [4.78, 5) is 11.0. The third-order valence-electron chi connectivity index (χ3n) is 1.64. The van der Waals surface area contributed by atoms with E-state index in [1.54, 1.807) is 0 Å². The predicted molar refractivity (Wildman–Crippen MR) is 66.7 cm³/mol. The molecule has 0 fully saturated rings. The summed E-state index contributed by atoms with van der Waals surface area (Å²) in [5.74, 6) is -0.0584. The van der Waals surface area contributed by atoms with Crippen LogP contribution in [0.5, 0.6) is 0 Å². The van der Waals surface area contributed by atoms with Crippen LogP contribution >= 0.6 is 0 Å². The van der Waals surface area contributed by atoms with Crippen LogP contribution in [0.15, 0.2) is 0 Å². The van der Waals surface area contributed by atoms with Crippen molar-refractivity contribution in [1.82, 2.24) is 0 Å². The molecule has 4 N–H and O–H groups in total. The fourth-order valence-corrected chi connectivity index (χ4v) is 0.849. The summed E-state index contributed by atoms with van der Waals surface area (Å²) in [6, 6.07) is 0. The quantitative estimate of drug-likeness (QED) is 0.296. The van der Waals surface area contributed by atoms with Crippen LogP contribution in [0, 0.1) is 14.4 Å². The number of rotatable bonds is 7. The molecule has 0 spiro atoms. The average molecular weight is 325 g/mol. The largest absolute Gasteiger partial charge is 0.693 e. The zero-order valence-corrected chi connectivity index (χ0v) is 12.0. The number of hydrogen-bond acceptors (Lipinski definition) is 2. The molecule has 0 aromatic heterocycles. The molecule has 0 aliphatic carbocycles. The average Bonchev–Trinajstić information content (AvgIpc) is 2.06. The van der Waals surface area contributed by atoms with E-state index >= 15 is 0 Å². The first kappa shape index (κ1) is 29.8. The maximum Gasteiger partial charge on any atom is 0.305 e. The zero-order valence-electron chi connectivity index (χ0n) is 10.4. The van der Waals surface area contributed by atoms with Gasteiger partial charge in [0.15, 0.2) is 0 Å². The van der Waals surface area contributed by atoms with Crippen LogP contribution in [0.2, 0.25) is 0 Å². The molecule has 0 aromatic carbocycles. The molecule has 0 aliphatic heterocycles. The maximum absolute atomic E-state index is 11.0. The first-order valence-corrected chi connectivity index (χ1v) is 4.76. The van der Waals surface area contributed by atoms with Crippen molar-refractivity contribution in [3.8, 4) is 0 Å². The van der Waals surface area contributed by atoms with Gasteiger partial charge in [-0.2, -0.15) is 6.42 Å². The summed E-state index contributed by atoms with van der Waals surface area (Å²) in [6.45, 7) is 6.37.